The molecule has 7 nitrogen and oxygen atoms in total. The lowest BCUT2D eigenvalue weighted by molar-refractivity contribution is -0.384. The van der Waals surface area contributed by atoms with Crippen LogP contribution in [0.25, 0.3) is 0 Å². The fraction of sp³-hybridized carbons (Fsp3) is 0.350. The summed E-state index contributed by atoms with van der Waals surface area (Å²) in [5, 5.41) is 13.5. The van der Waals surface area contributed by atoms with E-state index in [0.717, 1.165) is 25.2 Å². The van der Waals surface area contributed by atoms with E-state index in [-0.39, 0.29) is 18.2 Å². The van der Waals surface area contributed by atoms with E-state index < -0.39 is 4.92 Å². The number of nitrogens with zero attached hydrogens (tertiary/aromatic N) is 2. The maximum atomic E-state index is 11.9. The van der Waals surface area contributed by atoms with Gasteiger partial charge in [-0.3, -0.25) is 19.8 Å². The van der Waals surface area contributed by atoms with E-state index in [1.165, 1.54) is 23.8 Å². The third kappa shape index (κ3) is 6.71. The molecule has 0 bridgehead atoms. The average molecular weight is 371 g/mol. The topological polar surface area (TPSA) is 84.7 Å². The van der Waals surface area contributed by atoms with Gasteiger partial charge < -0.3 is 10.1 Å². The molecule has 0 unspecified atom stereocenters. The van der Waals surface area contributed by atoms with Crippen molar-refractivity contribution in [3.63, 3.8) is 0 Å². The summed E-state index contributed by atoms with van der Waals surface area (Å²) in [7, 11) is 0. The zero-order valence-electron chi connectivity index (χ0n) is 15.7. The second-order valence-corrected chi connectivity index (χ2v) is 6.10. The molecule has 0 saturated carbocycles. The summed E-state index contributed by atoms with van der Waals surface area (Å²) < 4.78 is 5.31. The van der Waals surface area contributed by atoms with Crippen molar-refractivity contribution >= 4 is 11.6 Å². The predicted molar refractivity (Wildman–Crippen MR) is 104 cm³/mol. The predicted octanol–water partition coefficient (Wildman–Crippen LogP) is 3.13. The molecule has 0 aliphatic rings. The minimum atomic E-state index is -0.503. The molecule has 0 fully saturated rings. The SMILES string of the molecule is CCN(CC)Cc1ccc(CNC(=O)COc2cccc([N+](=O)[O-])c2)cc1. The number of nitro benzene ring substituents is 1. The van der Waals surface area contributed by atoms with E-state index in [1.54, 1.807) is 6.07 Å². The number of carbonyl (C=O) groups excluding carboxylic acids is 1. The molecule has 0 saturated heterocycles. The van der Waals surface area contributed by atoms with Crippen molar-refractivity contribution in [1.82, 2.24) is 10.2 Å². The number of nitrogens with one attached hydrogen (secondary N) is 1. The molecule has 0 radical (unpaired) electrons. The highest BCUT2D eigenvalue weighted by Crippen LogP contribution is 2.18. The van der Waals surface area contributed by atoms with Gasteiger partial charge in [0.2, 0.25) is 0 Å². The number of hydrogen-bond donors (Lipinski definition) is 1. The normalized spacial score (nSPS) is 10.6. The molecule has 27 heavy (non-hydrogen) atoms. The number of non-ortho nitro benzene ring substituents is 1. The van der Waals surface area contributed by atoms with Gasteiger partial charge in [0.05, 0.1) is 11.0 Å². The Hall–Kier alpha value is -2.93. The number of hydrogen-bond acceptors (Lipinski definition) is 5. The molecule has 2 aromatic rings. The van der Waals surface area contributed by atoms with E-state index >= 15 is 0 Å². The number of benzene rings is 2. The molecular formula is C20H25N3O4. The van der Waals surface area contributed by atoms with E-state index in [0.29, 0.717) is 12.3 Å². The summed E-state index contributed by atoms with van der Waals surface area (Å²) in [6, 6.07) is 13.9. The summed E-state index contributed by atoms with van der Waals surface area (Å²) in [5.41, 5.74) is 2.17. The standard InChI is InChI=1S/C20H25N3O4/c1-3-22(4-2)14-17-10-8-16(9-11-17)13-21-20(24)15-27-19-7-5-6-18(12-19)23(25)26/h5-12H,3-4,13-15H2,1-2H3,(H,21,24). The summed E-state index contributed by atoms with van der Waals surface area (Å²) in [6.45, 7) is 7.44. The van der Waals surface area contributed by atoms with Crippen LogP contribution in [-0.2, 0) is 17.9 Å². The lowest BCUT2D eigenvalue weighted by Gasteiger charge is -2.18. The van der Waals surface area contributed by atoms with Gasteiger partial charge in [-0.1, -0.05) is 44.2 Å². The largest absolute Gasteiger partial charge is 0.484 e. The minimum absolute atomic E-state index is 0.0716. The Morgan fingerprint density at radius 3 is 2.41 bits per heavy atom. The van der Waals surface area contributed by atoms with Crippen molar-refractivity contribution in [2.45, 2.75) is 26.9 Å². The van der Waals surface area contributed by atoms with Gasteiger partial charge in [-0.25, -0.2) is 0 Å². The first-order valence-corrected chi connectivity index (χ1v) is 8.96. The quantitative estimate of drug-likeness (QED) is 0.512. The maximum Gasteiger partial charge on any atom is 0.273 e. The van der Waals surface area contributed by atoms with E-state index in [4.69, 9.17) is 4.74 Å². The summed E-state index contributed by atoms with van der Waals surface area (Å²) >= 11 is 0. The second kappa shape index (κ2) is 10.3. The first-order valence-electron chi connectivity index (χ1n) is 8.96. The number of amides is 1. The first kappa shape index (κ1) is 20.4. The molecule has 2 rings (SSSR count). The Morgan fingerprint density at radius 1 is 1.11 bits per heavy atom. The lowest BCUT2D eigenvalue weighted by atomic mass is 10.1. The number of carbonyl (C=O) groups is 1. The van der Waals surface area contributed by atoms with Crippen molar-refractivity contribution in [2.75, 3.05) is 19.7 Å². The van der Waals surface area contributed by atoms with E-state index in [9.17, 15) is 14.9 Å². The van der Waals surface area contributed by atoms with Crippen LogP contribution >= 0.6 is 0 Å². The van der Waals surface area contributed by atoms with Gasteiger partial charge in [0, 0.05) is 19.2 Å². The minimum Gasteiger partial charge on any atom is -0.484 e. The fourth-order valence-corrected chi connectivity index (χ4v) is 2.56. The number of nitro groups is 1. The van der Waals surface area contributed by atoms with Crippen LogP contribution in [0, 0.1) is 10.1 Å². The monoisotopic (exact) mass is 371 g/mol. The molecule has 0 heterocycles. The van der Waals surface area contributed by atoms with Crippen LogP contribution in [0.3, 0.4) is 0 Å². The van der Waals surface area contributed by atoms with Crippen molar-refractivity contribution in [3.8, 4) is 5.75 Å². The number of rotatable bonds is 10. The molecule has 1 amide bonds. The summed E-state index contributed by atoms with van der Waals surface area (Å²) in [5.74, 6) is 0.00818. The Bertz CT molecular complexity index is 758. The Morgan fingerprint density at radius 2 is 1.78 bits per heavy atom. The van der Waals surface area contributed by atoms with E-state index in [2.05, 4.69) is 36.2 Å². The van der Waals surface area contributed by atoms with Gasteiger partial charge in [-0.05, 0) is 30.3 Å². The second-order valence-electron chi connectivity index (χ2n) is 6.10. The molecule has 0 aromatic heterocycles. The van der Waals surface area contributed by atoms with Crippen LogP contribution in [0.1, 0.15) is 25.0 Å². The highest BCUT2D eigenvalue weighted by atomic mass is 16.6. The Balaban J connectivity index is 1.78. The van der Waals surface area contributed by atoms with Gasteiger partial charge in [0.25, 0.3) is 11.6 Å². The van der Waals surface area contributed by atoms with Crippen LogP contribution in [0.5, 0.6) is 5.75 Å². The maximum absolute atomic E-state index is 11.9. The molecule has 1 N–H and O–H groups in total. The highest BCUT2D eigenvalue weighted by molar-refractivity contribution is 5.77. The third-order valence-corrected chi connectivity index (χ3v) is 4.21. The fourth-order valence-electron chi connectivity index (χ4n) is 2.56. The van der Waals surface area contributed by atoms with Crippen LogP contribution in [-0.4, -0.2) is 35.4 Å². The molecule has 0 aliphatic heterocycles. The van der Waals surface area contributed by atoms with Crippen LogP contribution in [0.2, 0.25) is 0 Å². The smallest absolute Gasteiger partial charge is 0.273 e. The van der Waals surface area contributed by atoms with Crippen molar-refractivity contribution in [1.29, 1.82) is 0 Å². The van der Waals surface area contributed by atoms with Crippen LogP contribution in [0.4, 0.5) is 5.69 Å². The number of ether oxygens (including phenoxy) is 1. The molecule has 144 valence electrons. The van der Waals surface area contributed by atoms with Crippen LogP contribution in [0.15, 0.2) is 48.5 Å². The zero-order chi connectivity index (χ0) is 19.6. The van der Waals surface area contributed by atoms with Gasteiger partial charge in [0.1, 0.15) is 5.75 Å². The van der Waals surface area contributed by atoms with Gasteiger partial charge >= 0.3 is 0 Å². The molecule has 0 aliphatic carbocycles. The van der Waals surface area contributed by atoms with Gasteiger partial charge in [0.15, 0.2) is 6.61 Å². The zero-order valence-corrected chi connectivity index (χ0v) is 15.7. The Kier molecular flexibility index (Phi) is 7.76. The summed E-state index contributed by atoms with van der Waals surface area (Å²) in [6.07, 6.45) is 0. The lowest BCUT2D eigenvalue weighted by Crippen LogP contribution is -2.28. The molecule has 0 spiro atoms. The molecule has 7 heteroatoms. The third-order valence-electron chi connectivity index (χ3n) is 4.21. The molecule has 2 aromatic carbocycles. The van der Waals surface area contributed by atoms with Crippen LogP contribution < -0.4 is 10.1 Å². The van der Waals surface area contributed by atoms with Crippen molar-refractivity contribution < 1.29 is 14.5 Å². The van der Waals surface area contributed by atoms with Crippen molar-refractivity contribution in [2.24, 2.45) is 0 Å². The highest BCUT2D eigenvalue weighted by Gasteiger charge is 2.08. The average Bonchev–Trinajstić information content (AvgIpc) is 2.70. The van der Waals surface area contributed by atoms with Crippen molar-refractivity contribution in [3.05, 3.63) is 69.8 Å². The van der Waals surface area contributed by atoms with Gasteiger partial charge in [-0.15, -0.1) is 0 Å². The first-order chi connectivity index (χ1) is 13.0. The molecular weight excluding hydrogens is 346 g/mol. The molecule has 0 atom stereocenters. The summed E-state index contributed by atoms with van der Waals surface area (Å²) in [4.78, 5) is 24.5. The van der Waals surface area contributed by atoms with Gasteiger partial charge in [-0.2, -0.15) is 0 Å². The Labute approximate surface area is 159 Å². The van der Waals surface area contributed by atoms with E-state index in [1.807, 2.05) is 12.1 Å².